The van der Waals surface area contributed by atoms with Crippen LogP contribution in [0.1, 0.15) is 84.0 Å². The quantitative estimate of drug-likeness (QED) is 0.415. The Morgan fingerprint density at radius 1 is 0.500 bits per heavy atom. The van der Waals surface area contributed by atoms with E-state index >= 15 is 0 Å². The average Bonchev–Trinajstić information content (AvgIpc) is 2.85. The average molecular weight is 457 g/mol. The van der Waals surface area contributed by atoms with Crippen LogP contribution in [-0.2, 0) is 14.2 Å². The van der Waals surface area contributed by atoms with Gasteiger partial charge in [0.1, 0.15) is 0 Å². The van der Waals surface area contributed by atoms with Gasteiger partial charge in [-0.25, -0.2) is 0 Å². The lowest BCUT2D eigenvalue weighted by Gasteiger charge is -2.54. The van der Waals surface area contributed by atoms with Crippen molar-refractivity contribution in [2.24, 2.45) is 23.2 Å². The van der Waals surface area contributed by atoms with E-state index in [9.17, 15) is 0 Å². The van der Waals surface area contributed by atoms with E-state index in [2.05, 4.69) is 6.92 Å². The summed E-state index contributed by atoms with van der Waals surface area (Å²) in [6.45, 7) is 4.32. The maximum Gasteiger partial charge on any atom is 0.0701 e. The number of ether oxygens (including phenoxy) is 3. The van der Waals surface area contributed by atoms with Crippen LogP contribution in [0.25, 0.3) is 0 Å². The Morgan fingerprint density at radius 2 is 0.750 bits per heavy atom. The Balaban J connectivity index is 1.64. The van der Waals surface area contributed by atoms with Gasteiger partial charge in [0.15, 0.2) is 0 Å². The minimum absolute atomic E-state index is 0.112. The van der Waals surface area contributed by atoms with Crippen LogP contribution in [0.2, 0.25) is 0 Å². The lowest BCUT2D eigenvalue weighted by atomic mass is 9.52. The molecule has 0 amide bonds. The molecular formula is C26H48O6. The zero-order valence-corrected chi connectivity index (χ0v) is 20.3. The molecular weight excluding hydrogens is 408 g/mol. The van der Waals surface area contributed by atoms with E-state index in [-0.39, 0.29) is 19.8 Å². The van der Waals surface area contributed by atoms with Gasteiger partial charge in [0, 0.05) is 0 Å². The van der Waals surface area contributed by atoms with Crippen molar-refractivity contribution in [3.8, 4) is 0 Å². The van der Waals surface area contributed by atoms with E-state index in [0.717, 1.165) is 56.3 Å². The second-order valence-electron chi connectivity index (χ2n) is 10.6. The third kappa shape index (κ3) is 6.89. The lowest BCUT2D eigenvalue weighted by molar-refractivity contribution is -0.0903. The number of hydrogen-bond acceptors (Lipinski definition) is 6. The molecule has 0 spiro atoms. The zero-order valence-electron chi connectivity index (χ0n) is 20.3. The van der Waals surface area contributed by atoms with Gasteiger partial charge in [-0.05, 0) is 100 Å². The summed E-state index contributed by atoms with van der Waals surface area (Å²) in [6, 6.07) is 0. The molecule has 3 aliphatic rings. The maximum atomic E-state index is 9.10. The summed E-state index contributed by atoms with van der Waals surface area (Å²) >= 11 is 0. The Kier molecular flexibility index (Phi) is 11.2. The summed E-state index contributed by atoms with van der Waals surface area (Å²) in [6.07, 6.45) is 15.0. The van der Waals surface area contributed by atoms with Crippen LogP contribution in [0.5, 0.6) is 0 Å². The van der Waals surface area contributed by atoms with E-state index < -0.39 is 0 Å². The molecule has 0 atom stereocenters. The third-order valence-electron chi connectivity index (χ3n) is 9.00. The van der Waals surface area contributed by atoms with Crippen molar-refractivity contribution >= 4 is 0 Å². The van der Waals surface area contributed by atoms with E-state index in [1.165, 1.54) is 38.5 Å². The molecule has 0 aliphatic heterocycles. The highest BCUT2D eigenvalue weighted by atomic mass is 16.5. The van der Waals surface area contributed by atoms with Crippen LogP contribution in [0.15, 0.2) is 0 Å². The van der Waals surface area contributed by atoms with Gasteiger partial charge >= 0.3 is 0 Å². The Bertz CT molecular complexity index is 421. The summed E-state index contributed by atoms with van der Waals surface area (Å²) in [7, 11) is 0. The molecule has 0 aromatic rings. The molecule has 3 saturated carbocycles. The molecule has 6 nitrogen and oxygen atoms in total. The summed E-state index contributed by atoms with van der Waals surface area (Å²) < 4.78 is 17.6. The van der Waals surface area contributed by atoms with Crippen LogP contribution in [-0.4, -0.2) is 73.3 Å². The van der Waals surface area contributed by atoms with Crippen LogP contribution >= 0.6 is 0 Å². The standard InChI is InChI=1S/C26H48O6/c1-26(20-2-8-23(9-3-20)30-17-14-27,21-4-10-24(11-5-21)31-18-15-28)22-6-12-25(13-7-22)32-19-16-29/h20-25,27-29H,2-19H2,1H3. The number of rotatable bonds is 12. The van der Waals surface area contributed by atoms with Crippen molar-refractivity contribution in [2.45, 2.75) is 102 Å². The highest BCUT2D eigenvalue weighted by Gasteiger charge is 2.49. The molecule has 0 radical (unpaired) electrons. The lowest BCUT2D eigenvalue weighted by Crippen LogP contribution is -2.47. The van der Waals surface area contributed by atoms with Gasteiger partial charge in [-0.2, -0.15) is 0 Å². The minimum atomic E-state index is 0.112. The smallest absolute Gasteiger partial charge is 0.0701 e. The van der Waals surface area contributed by atoms with Gasteiger partial charge in [0.05, 0.1) is 58.0 Å². The fourth-order valence-electron chi connectivity index (χ4n) is 7.21. The van der Waals surface area contributed by atoms with Crippen LogP contribution in [0.4, 0.5) is 0 Å². The van der Waals surface area contributed by atoms with Gasteiger partial charge in [0.2, 0.25) is 0 Å². The number of aliphatic hydroxyl groups is 3. The molecule has 3 aliphatic carbocycles. The van der Waals surface area contributed by atoms with Crippen molar-refractivity contribution < 1.29 is 29.5 Å². The second kappa shape index (κ2) is 13.6. The van der Waals surface area contributed by atoms with Crippen molar-refractivity contribution in [3.63, 3.8) is 0 Å². The summed E-state index contributed by atoms with van der Waals surface area (Å²) in [5, 5.41) is 27.3. The molecule has 3 N–H and O–H groups in total. The molecule has 0 heterocycles. The predicted octanol–water partition coefficient (Wildman–Crippen LogP) is 3.70. The maximum absolute atomic E-state index is 9.10. The van der Waals surface area contributed by atoms with Gasteiger partial charge in [-0.1, -0.05) is 6.92 Å². The Hall–Kier alpha value is -0.240. The van der Waals surface area contributed by atoms with Gasteiger partial charge in [-0.15, -0.1) is 0 Å². The fourth-order valence-corrected chi connectivity index (χ4v) is 7.21. The van der Waals surface area contributed by atoms with Gasteiger partial charge in [-0.3, -0.25) is 0 Å². The number of aliphatic hydroxyl groups excluding tert-OH is 3. The van der Waals surface area contributed by atoms with E-state index in [1.807, 2.05) is 0 Å². The number of hydrogen-bond donors (Lipinski definition) is 3. The van der Waals surface area contributed by atoms with Crippen LogP contribution < -0.4 is 0 Å². The predicted molar refractivity (Wildman–Crippen MR) is 124 cm³/mol. The van der Waals surface area contributed by atoms with E-state index in [1.54, 1.807) is 0 Å². The highest BCUT2D eigenvalue weighted by Crippen LogP contribution is 2.56. The van der Waals surface area contributed by atoms with Crippen LogP contribution in [0.3, 0.4) is 0 Å². The fraction of sp³-hybridized carbons (Fsp3) is 1.00. The molecule has 0 aromatic carbocycles. The topological polar surface area (TPSA) is 88.4 Å². The van der Waals surface area contributed by atoms with Crippen molar-refractivity contribution in [1.82, 2.24) is 0 Å². The second-order valence-corrected chi connectivity index (χ2v) is 10.6. The minimum Gasteiger partial charge on any atom is -0.394 e. The Morgan fingerprint density at radius 3 is 0.969 bits per heavy atom. The molecule has 32 heavy (non-hydrogen) atoms. The first kappa shape index (κ1) is 26.4. The van der Waals surface area contributed by atoms with Gasteiger partial charge < -0.3 is 29.5 Å². The van der Waals surface area contributed by atoms with Crippen molar-refractivity contribution in [1.29, 1.82) is 0 Å². The van der Waals surface area contributed by atoms with E-state index in [0.29, 0.717) is 43.5 Å². The first-order chi connectivity index (χ1) is 15.6. The molecule has 0 saturated heterocycles. The third-order valence-corrected chi connectivity index (χ3v) is 9.00. The highest BCUT2D eigenvalue weighted by molar-refractivity contribution is 4.99. The molecule has 3 fully saturated rings. The molecule has 0 bridgehead atoms. The Labute approximate surface area is 195 Å². The summed E-state index contributed by atoms with van der Waals surface area (Å²) in [5.74, 6) is 2.20. The van der Waals surface area contributed by atoms with Gasteiger partial charge in [0.25, 0.3) is 0 Å². The monoisotopic (exact) mass is 456 g/mol. The molecule has 3 rings (SSSR count). The van der Waals surface area contributed by atoms with Crippen molar-refractivity contribution in [2.75, 3.05) is 39.6 Å². The summed E-state index contributed by atoms with van der Waals surface area (Å²) in [5.41, 5.74) is 0.339. The SMILES string of the molecule is CC(C1CCC(OCCO)CC1)(C1CCC(OCCO)CC1)C1CCC(OCCO)CC1. The molecule has 0 aromatic heterocycles. The van der Waals surface area contributed by atoms with E-state index in [4.69, 9.17) is 29.5 Å². The zero-order chi connectivity index (χ0) is 22.8. The first-order valence-electron chi connectivity index (χ1n) is 13.3. The summed E-state index contributed by atoms with van der Waals surface area (Å²) in [4.78, 5) is 0. The van der Waals surface area contributed by atoms with Crippen molar-refractivity contribution in [3.05, 3.63) is 0 Å². The molecule has 188 valence electrons. The van der Waals surface area contributed by atoms with Crippen LogP contribution in [0, 0.1) is 23.2 Å². The largest absolute Gasteiger partial charge is 0.394 e. The molecule has 6 heteroatoms. The first-order valence-corrected chi connectivity index (χ1v) is 13.3. The normalized spacial score (nSPS) is 36.0. The molecule has 0 unspecified atom stereocenters.